The van der Waals surface area contributed by atoms with E-state index in [1.54, 1.807) is 0 Å². The fourth-order valence-electron chi connectivity index (χ4n) is 2.12. The number of benzene rings is 1. The summed E-state index contributed by atoms with van der Waals surface area (Å²) in [6.45, 7) is 4.31. The molecular weight excluding hydrogens is 246 g/mol. The molecule has 0 bridgehead atoms. The average Bonchev–Trinajstić information content (AvgIpc) is 2.63. The van der Waals surface area contributed by atoms with E-state index in [0.717, 1.165) is 17.7 Å². The van der Waals surface area contributed by atoms with Crippen molar-refractivity contribution in [2.75, 3.05) is 6.61 Å². The Hall–Kier alpha value is -1.75. The topological polar surface area (TPSA) is 81.8 Å². The predicted octanol–water partition coefficient (Wildman–Crippen LogP) is 1.58. The molecule has 1 unspecified atom stereocenters. The van der Waals surface area contributed by atoms with Crippen molar-refractivity contribution in [3.8, 4) is 11.5 Å². The van der Waals surface area contributed by atoms with Gasteiger partial charge in [0.05, 0.1) is 6.61 Å². The van der Waals surface area contributed by atoms with E-state index >= 15 is 0 Å². The number of carboxylic acid groups (broad SMARTS) is 1. The summed E-state index contributed by atoms with van der Waals surface area (Å²) < 4.78 is 11.5. The number of aliphatic carboxylic acids is 1. The van der Waals surface area contributed by atoms with Crippen LogP contribution in [0.15, 0.2) is 18.2 Å². The molecule has 1 aliphatic rings. The smallest absolute Gasteiger partial charge is 0.320 e. The van der Waals surface area contributed by atoms with Crippen LogP contribution < -0.4 is 15.2 Å². The first kappa shape index (κ1) is 13.7. The lowest BCUT2D eigenvalue weighted by molar-refractivity contribution is -0.138. The van der Waals surface area contributed by atoms with Gasteiger partial charge in [-0.2, -0.15) is 0 Å². The van der Waals surface area contributed by atoms with Crippen LogP contribution in [0.1, 0.15) is 25.8 Å². The normalized spacial score (nSPS) is 17.4. The Bertz CT molecular complexity index is 484. The molecule has 1 aromatic carbocycles. The zero-order chi connectivity index (χ0) is 14.0. The van der Waals surface area contributed by atoms with Gasteiger partial charge >= 0.3 is 5.97 Å². The summed E-state index contributed by atoms with van der Waals surface area (Å²) >= 11 is 0. The van der Waals surface area contributed by atoms with Crippen molar-refractivity contribution in [2.24, 2.45) is 5.73 Å². The molecule has 5 nitrogen and oxygen atoms in total. The Labute approximate surface area is 112 Å². The number of nitrogens with two attached hydrogens (primary N) is 1. The van der Waals surface area contributed by atoms with Crippen molar-refractivity contribution >= 4 is 5.97 Å². The van der Waals surface area contributed by atoms with Crippen LogP contribution >= 0.6 is 0 Å². The zero-order valence-corrected chi connectivity index (χ0v) is 11.2. The van der Waals surface area contributed by atoms with Gasteiger partial charge in [0.15, 0.2) is 11.5 Å². The van der Waals surface area contributed by atoms with Crippen molar-refractivity contribution in [1.82, 2.24) is 0 Å². The van der Waals surface area contributed by atoms with Crippen LogP contribution in [0.4, 0.5) is 0 Å². The van der Waals surface area contributed by atoms with Crippen LogP contribution in [0.5, 0.6) is 11.5 Å². The third-order valence-corrected chi connectivity index (χ3v) is 3.06. The minimum Gasteiger partial charge on any atom is -0.490 e. The molecule has 0 saturated carbocycles. The summed E-state index contributed by atoms with van der Waals surface area (Å²) in [5.74, 6) is 0.399. The van der Waals surface area contributed by atoms with E-state index < -0.39 is 12.0 Å². The average molecular weight is 265 g/mol. The van der Waals surface area contributed by atoms with E-state index in [1.807, 2.05) is 32.0 Å². The molecule has 5 heteroatoms. The first-order valence-electron chi connectivity index (χ1n) is 6.31. The van der Waals surface area contributed by atoms with Crippen molar-refractivity contribution in [2.45, 2.75) is 38.3 Å². The first-order valence-corrected chi connectivity index (χ1v) is 6.31. The predicted molar refractivity (Wildman–Crippen MR) is 70.6 cm³/mol. The second-order valence-electron chi connectivity index (χ2n) is 5.36. The molecule has 0 spiro atoms. The van der Waals surface area contributed by atoms with Gasteiger partial charge < -0.3 is 20.3 Å². The van der Waals surface area contributed by atoms with Gasteiger partial charge in [0.2, 0.25) is 0 Å². The van der Waals surface area contributed by atoms with Gasteiger partial charge in [0.25, 0.3) is 0 Å². The standard InChI is InChI=1S/C14H19NO4/c1-14(2)8-9-4-3-5-11(12(9)19-14)18-7-6-10(15)13(16)17/h3-5,10H,6-8,15H2,1-2H3,(H,16,17). The Morgan fingerprint density at radius 2 is 2.32 bits per heavy atom. The van der Waals surface area contributed by atoms with Crippen molar-refractivity contribution in [1.29, 1.82) is 0 Å². The van der Waals surface area contributed by atoms with Gasteiger partial charge in [-0.3, -0.25) is 4.79 Å². The quantitative estimate of drug-likeness (QED) is 0.844. The molecule has 1 aromatic rings. The molecule has 0 aromatic heterocycles. The molecule has 0 radical (unpaired) electrons. The van der Waals surface area contributed by atoms with E-state index in [-0.39, 0.29) is 18.6 Å². The molecule has 2 rings (SSSR count). The lowest BCUT2D eigenvalue weighted by Gasteiger charge is -2.18. The Kier molecular flexibility index (Phi) is 3.66. The largest absolute Gasteiger partial charge is 0.490 e. The second kappa shape index (κ2) is 5.09. The molecule has 1 atom stereocenters. The Morgan fingerprint density at radius 3 is 3.00 bits per heavy atom. The van der Waals surface area contributed by atoms with Crippen LogP contribution in [0.2, 0.25) is 0 Å². The number of rotatable bonds is 5. The van der Waals surface area contributed by atoms with E-state index in [2.05, 4.69) is 0 Å². The lowest BCUT2D eigenvalue weighted by Crippen LogP contribution is -2.31. The molecule has 0 aliphatic carbocycles. The summed E-state index contributed by atoms with van der Waals surface area (Å²) in [7, 11) is 0. The van der Waals surface area contributed by atoms with Gasteiger partial charge in [-0.05, 0) is 19.9 Å². The van der Waals surface area contributed by atoms with Gasteiger partial charge in [-0.15, -0.1) is 0 Å². The van der Waals surface area contributed by atoms with Gasteiger partial charge in [0, 0.05) is 18.4 Å². The van der Waals surface area contributed by atoms with Crippen molar-refractivity contribution in [3.63, 3.8) is 0 Å². The first-order chi connectivity index (χ1) is 8.89. The van der Waals surface area contributed by atoms with Crippen LogP contribution in [0.3, 0.4) is 0 Å². The van der Waals surface area contributed by atoms with Crippen molar-refractivity contribution < 1.29 is 19.4 Å². The fraction of sp³-hybridized carbons (Fsp3) is 0.500. The SMILES string of the molecule is CC1(C)Cc2cccc(OCCC(N)C(=O)O)c2O1. The van der Waals surface area contributed by atoms with Crippen LogP contribution in [0.25, 0.3) is 0 Å². The van der Waals surface area contributed by atoms with Gasteiger partial charge in [-0.25, -0.2) is 0 Å². The number of carboxylic acids is 1. The molecule has 19 heavy (non-hydrogen) atoms. The second-order valence-corrected chi connectivity index (χ2v) is 5.36. The molecule has 1 heterocycles. The minimum absolute atomic E-state index is 0.223. The van der Waals surface area contributed by atoms with E-state index in [1.165, 1.54) is 0 Å². The Balaban J connectivity index is 2.00. The summed E-state index contributed by atoms with van der Waals surface area (Å²) in [5.41, 5.74) is 6.32. The molecular formula is C14H19NO4. The van der Waals surface area contributed by atoms with Crippen LogP contribution in [0, 0.1) is 0 Å². The van der Waals surface area contributed by atoms with Crippen molar-refractivity contribution in [3.05, 3.63) is 23.8 Å². The summed E-state index contributed by atoms with van der Waals surface area (Å²) in [5, 5.41) is 8.70. The van der Waals surface area contributed by atoms with Crippen LogP contribution in [-0.4, -0.2) is 29.3 Å². The van der Waals surface area contributed by atoms with Gasteiger partial charge in [-0.1, -0.05) is 12.1 Å². The third kappa shape index (κ3) is 3.17. The maximum atomic E-state index is 10.6. The fourth-order valence-corrected chi connectivity index (χ4v) is 2.12. The number of hydrogen-bond donors (Lipinski definition) is 2. The number of hydrogen-bond acceptors (Lipinski definition) is 4. The highest BCUT2D eigenvalue weighted by Gasteiger charge is 2.32. The molecule has 1 aliphatic heterocycles. The van der Waals surface area contributed by atoms with E-state index in [9.17, 15) is 4.79 Å². The van der Waals surface area contributed by atoms with Gasteiger partial charge in [0.1, 0.15) is 11.6 Å². The molecule has 0 fully saturated rings. The monoisotopic (exact) mass is 265 g/mol. The highest BCUT2D eigenvalue weighted by Crippen LogP contribution is 2.41. The molecule has 104 valence electrons. The highest BCUT2D eigenvalue weighted by atomic mass is 16.5. The summed E-state index contributed by atoms with van der Waals surface area (Å²) in [6, 6.07) is 4.86. The van der Waals surface area contributed by atoms with E-state index in [0.29, 0.717) is 5.75 Å². The number of para-hydroxylation sites is 1. The maximum absolute atomic E-state index is 10.6. The molecule has 0 saturated heterocycles. The number of ether oxygens (including phenoxy) is 2. The third-order valence-electron chi connectivity index (χ3n) is 3.06. The maximum Gasteiger partial charge on any atom is 0.320 e. The number of carbonyl (C=O) groups is 1. The highest BCUT2D eigenvalue weighted by molar-refractivity contribution is 5.72. The lowest BCUT2D eigenvalue weighted by atomic mass is 10.0. The number of fused-ring (bicyclic) bond motifs is 1. The summed E-state index contributed by atoms with van der Waals surface area (Å²) in [4.78, 5) is 10.6. The molecule has 0 amide bonds. The summed E-state index contributed by atoms with van der Waals surface area (Å²) in [6.07, 6.45) is 1.11. The molecule has 3 N–H and O–H groups in total. The van der Waals surface area contributed by atoms with Crippen LogP contribution in [-0.2, 0) is 11.2 Å². The Morgan fingerprint density at radius 1 is 1.58 bits per heavy atom. The zero-order valence-electron chi connectivity index (χ0n) is 11.2. The van der Waals surface area contributed by atoms with E-state index in [4.69, 9.17) is 20.3 Å². The minimum atomic E-state index is -1.01.